The molecule has 0 bridgehead atoms. The van der Waals surface area contributed by atoms with Gasteiger partial charge in [0.1, 0.15) is 11.5 Å². The SMILES string of the molecule is COc1ccc(OCC(=O)NC(=S)NNC(=O)c2ccc(C)c(Br)c2)cc1. The van der Waals surface area contributed by atoms with E-state index >= 15 is 0 Å². The minimum atomic E-state index is -0.462. The van der Waals surface area contributed by atoms with Crippen molar-refractivity contribution in [3.8, 4) is 11.5 Å². The highest BCUT2D eigenvalue weighted by molar-refractivity contribution is 9.10. The average Bonchev–Trinajstić information content (AvgIpc) is 2.67. The first-order valence-corrected chi connectivity index (χ1v) is 9.02. The van der Waals surface area contributed by atoms with Gasteiger partial charge in [0, 0.05) is 10.0 Å². The first kappa shape index (κ1) is 20.7. The smallest absolute Gasteiger partial charge is 0.269 e. The molecule has 0 aromatic heterocycles. The monoisotopic (exact) mass is 451 g/mol. The van der Waals surface area contributed by atoms with Gasteiger partial charge in [-0.15, -0.1) is 0 Å². The molecule has 0 saturated carbocycles. The number of benzene rings is 2. The second-order valence-electron chi connectivity index (χ2n) is 5.38. The Morgan fingerprint density at radius 2 is 1.74 bits per heavy atom. The van der Waals surface area contributed by atoms with Crippen LogP contribution in [0.15, 0.2) is 46.9 Å². The minimum absolute atomic E-state index is 0.0436. The van der Waals surface area contributed by atoms with Gasteiger partial charge in [-0.05, 0) is 61.1 Å². The number of hydrogen-bond donors (Lipinski definition) is 3. The quantitative estimate of drug-likeness (QED) is 0.477. The Kier molecular flexibility index (Phi) is 7.56. The van der Waals surface area contributed by atoms with Crippen LogP contribution in [0.2, 0.25) is 0 Å². The summed E-state index contributed by atoms with van der Waals surface area (Å²) >= 11 is 8.34. The van der Waals surface area contributed by atoms with Gasteiger partial charge in [-0.1, -0.05) is 22.0 Å². The van der Waals surface area contributed by atoms with Gasteiger partial charge in [-0.25, -0.2) is 0 Å². The van der Waals surface area contributed by atoms with E-state index in [-0.39, 0.29) is 17.6 Å². The molecule has 0 heterocycles. The van der Waals surface area contributed by atoms with Crippen LogP contribution in [0.25, 0.3) is 0 Å². The van der Waals surface area contributed by atoms with Crippen LogP contribution in [0.1, 0.15) is 15.9 Å². The molecule has 2 amide bonds. The lowest BCUT2D eigenvalue weighted by atomic mass is 10.1. The molecule has 142 valence electrons. The molecule has 3 N–H and O–H groups in total. The molecule has 0 aliphatic heterocycles. The number of carbonyl (C=O) groups excluding carboxylic acids is 2. The Morgan fingerprint density at radius 1 is 1.07 bits per heavy atom. The summed E-state index contributed by atoms with van der Waals surface area (Å²) in [5.41, 5.74) is 6.34. The van der Waals surface area contributed by atoms with Gasteiger partial charge in [0.25, 0.3) is 11.8 Å². The molecule has 0 saturated heterocycles. The van der Waals surface area contributed by atoms with Gasteiger partial charge in [-0.2, -0.15) is 0 Å². The molecular weight excluding hydrogens is 434 g/mol. The Hall–Kier alpha value is -2.65. The fourth-order valence-corrected chi connectivity index (χ4v) is 2.48. The molecule has 0 unspecified atom stereocenters. The third kappa shape index (κ3) is 6.54. The number of thiocarbonyl (C=S) groups is 1. The van der Waals surface area contributed by atoms with Crippen LogP contribution in [-0.2, 0) is 4.79 Å². The summed E-state index contributed by atoms with van der Waals surface area (Å²) in [5, 5.41) is 2.36. The van der Waals surface area contributed by atoms with E-state index in [4.69, 9.17) is 21.7 Å². The predicted molar refractivity (Wildman–Crippen MR) is 109 cm³/mol. The first-order chi connectivity index (χ1) is 12.9. The summed E-state index contributed by atoms with van der Waals surface area (Å²) < 4.78 is 11.2. The van der Waals surface area contributed by atoms with E-state index in [1.54, 1.807) is 43.5 Å². The van der Waals surface area contributed by atoms with Crippen molar-refractivity contribution in [2.24, 2.45) is 0 Å². The van der Waals surface area contributed by atoms with Gasteiger partial charge in [0.05, 0.1) is 7.11 Å². The zero-order valence-corrected chi connectivity index (χ0v) is 17.1. The molecule has 0 radical (unpaired) electrons. The number of carbonyl (C=O) groups is 2. The molecule has 7 nitrogen and oxygen atoms in total. The molecule has 0 fully saturated rings. The Morgan fingerprint density at radius 3 is 2.37 bits per heavy atom. The fraction of sp³-hybridized carbons (Fsp3) is 0.167. The van der Waals surface area contributed by atoms with E-state index in [0.29, 0.717) is 17.1 Å². The summed E-state index contributed by atoms with van der Waals surface area (Å²) in [6.07, 6.45) is 0. The van der Waals surface area contributed by atoms with E-state index in [0.717, 1.165) is 10.0 Å². The van der Waals surface area contributed by atoms with Crippen LogP contribution in [0.4, 0.5) is 0 Å². The third-order valence-corrected chi connectivity index (χ3v) is 4.46. The van der Waals surface area contributed by atoms with E-state index in [2.05, 4.69) is 32.1 Å². The number of ether oxygens (including phenoxy) is 2. The van der Waals surface area contributed by atoms with Gasteiger partial charge in [0.2, 0.25) is 0 Å². The molecule has 9 heteroatoms. The Bertz CT molecular complexity index is 843. The lowest BCUT2D eigenvalue weighted by molar-refractivity contribution is -0.121. The normalized spacial score (nSPS) is 9.89. The molecule has 0 spiro atoms. The summed E-state index contributed by atoms with van der Waals surface area (Å²) in [5.74, 6) is 0.356. The summed E-state index contributed by atoms with van der Waals surface area (Å²) in [4.78, 5) is 23.9. The van der Waals surface area contributed by atoms with Crippen LogP contribution in [-0.4, -0.2) is 30.6 Å². The van der Waals surface area contributed by atoms with Crippen molar-refractivity contribution in [1.29, 1.82) is 0 Å². The van der Waals surface area contributed by atoms with E-state index < -0.39 is 5.91 Å². The highest BCUT2D eigenvalue weighted by atomic mass is 79.9. The van der Waals surface area contributed by atoms with Crippen LogP contribution in [0.3, 0.4) is 0 Å². The zero-order valence-electron chi connectivity index (χ0n) is 14.7. The maximum absolute atomic E-state index is 12.1. The molecule has 27 heavy (non-hydrogen) atoms. The number of hydrogen-bond acceptors (Lipinski definition) is 5. The topological polar surface area (TPSA) is 88.7 Å². The number of amides is 2. The van der Waals surface area contributed by atoms with Gasteiger partial charge >= 0.3 is 0 Å². The standard InChI is InChI=1S/C18H18BrN3O4S/c1-11-3-4-12(9-15(11)19)17(24)21-22-18(27)20-16(23)10-26-14-7-5-13(25-2)6-8-14/h3-9H,10H2,1-2H3,(H,21,24)(H2,20,22,23,27). The zero-order chi connectivity index (χ0) is 19.8. The minimum Gasteiger partial charge on any atom is -0.497 e. The molecule has 0 aliphatic carbocycles. The van der Waals surface area contributed by atoms with Crippen molar-refractivity contribution in [2.45, 2.75) is 6.92 Å². The van der Waals surface area contributed by atoms with E-state index in [1.807, 2.05) is 13.0 Å². The average molecular weight is 452 g/mol. The number of hydrazine groups is 1. The number of nitrogens with one attached hydrogen (secondary N) is 3. The van der Waals surface area contributed by atoms with Crippen LogP contribution in [0, 0.1) is 6.92 Å². The fourth-order valence-electron chi connectivity index (χ4n) is 1.93. The Balaban J connectivity index is 1.74. The molecule has 2 aromatic carbocycles. The predicted octanol–water partition coefficient (Wildman–Crippen LogP) is 2.48. The number of methoxy groups -OCH3 is 1. The summed E-state index contributed by atoms with van der Waals surface area (Å²) in [7, 11) is 1.56. The maximum Gasteiger partial charge on any atom is 0.269 e. The van der Waals surface area contributed by atoms with Crippen molar-refractivity contribution < 1.29 is 19.1 Å². The highest BCUT2D eigenvalue weighted by Gasteiger charge is 2.09. The number of rotatable bonds is 5. The van der Waals surface area contributed by atoms with Crippen molar-refractivity contribution in [2.75, 3.05) is 13.7 Å². The molecular formula is C18H18BrN3O4S. The lowest BCUT2D eigenvalue weighted by Crippen LogP contribution is -2.49. The second-order valence-corrected chi connectivity index (χ2v) is 6.65. The number of halogens is 1. The second kappa shape index (κ2) is 9.89. The highest BCUT2D eigenvalue weighted by Crippen LogP contribution is 2.17. The van der Waals surface area contributed by atoms with Crippen molar-refractivity contribution in [3.63, 3.8) is 0 Å². The van der Waals surface area contributed by atoms with E-state index in [1.165, 1.54) is 0 Å². The molecule has 0 atom stereocenters. The largest absolute Gasteiger partial charge is 0.497 e. The van der Waals surface area contributed by atoms with Crippen LogP contribution in [0.5, 0.6) is 11.5 Å². The summed E-state index contributed by atoms with van der Waals surface area (Å²) in [6, 6.07) is 12.0. The van der Waals surface area contributed by atoms with Crippen molar-refractivity contribution in [3.05, 3.63) is 58.1 Å². The Labute approximate surface area is 170 Å². The lowest BCUT2D eigenvalue weighted by Gasteiger charge is -2.12. The third-order valence-electron chi connectivity index (χ3n) is 3.41. The van der Waals surface area contributed by atoms with Gasteiger partial charge < -0.3 is 9.47 Å². The number of aryl methyl sites for hydroxylation is 1. The molecule has 0 aliphatic rings. The summed E-state index contributed by atoms with van der Waals surface area (Å²) in [6.45, 7) is 1.69. The van der Waals surface area contributed by atoms with Crippen molar-refractivity contribution >= 4 is 45.1 Å². The molecule has 2 rings (SSSR count). The molecule has 2 aromatic rings. The first-order valence-electron chi connectivity index (χ1n) is 7.82. The van der Waals surface area contributed by atoms with Crippen LogP contribution < -0.4 is 25.6 Å². The van der Waals surface area contributed by atoms with Gasteiger partial charge in [0.15, 0.2) is 11.7 Å². The van der Waals surface area contributed by atoms with Gasteiger partial charge in [-0.3, -0.25) is 25.8 Å². The van der Waals surface area contributed by atoms with Crippen LogP contribution >= 0.6 is 28.1 Å². The van der Waals surface area contributed by atoms with E-state index in [9.17, 15) is 9.59 Å². The maximum atomic E-state index is 12.1. The van der Waals surface area contributed by atoms with Crippen molar-refractivity contribution in [1.82, 2.24) is 16.2 Å².